The van der Waals surface area contributed by atoms with Crippen molar-refractivity contribution in [2.75, 3.05) is 0 Å². The molecule has 1 heterocycles. The molecule has 0 radical (unpaired) electrons. The summed E-state index contributed by atoms with van der Waals surface area (Å²) in [5, 5.41) is 14.9. The highest BCUT2D eigenvalue weighted by Crippen LogP contribution is 2.49. The van der Waals surface area contributed by atoms with Gasteiger partial charge in [-0.2, -0.15) is 0 Å². The molecule has 2 fully saturated rings. The van der Waals surface area contributed by atoms with E-state index in [0.717, 1.165) is 46.6 Å². The number of aliphatic carboxylic acids is 1. The number of hydrogen-bond donors (Lipinski definition) is 1. The normalized spacial score (nSPS) is 16.1. The predicted octanol–water partition coefficient (Wildman–Crippen LogP) is 7.89. The van der Waals surface area contributed by atoms with Crippen molar-refractivity contribution in [1.29, 1.82) is 0 Å². The van der Waals surface area contributed by atoms with Gasteiger partial charge in [0.2, 0.25) is 0 Å². The minimum atomic E-state index is -0.741. The van der Waals surface area contributed by atoms with Crippen LogP contribution >= 0.6 is 23.2 Å². The second-order valence-corrected chi connectivity index (χ2v) is 10.3. The summed E-state index contributed by atoms with van der Waals surface area (Å²) in [6.45, 7) is 0.289. The summed E-state index contributed by atoms with van der Waals surface area (Å²) in [4.78, 5) is 11.6. The molecule has 0 saturated heterocycles. The van der Waals surface area contributed by atoms with Crippen molar-refractivity contribution in [3.8, 4) is 28.1 Å². The zero-order valence-corrected chi connectivity index (χ0v) is 20.9. The van der Waals surface area contributed by atoms with Crippen molar-refractivity contribution in [3.05, 3.63) is 93.7 Å². The number of aromatic nitrogens is 1. The van der Waals surface area contributed by atoms with Crippen LogP contribution in [0.1, 0.15) is 48.5 Å². The highest BCUT2D eigenvalue weighted by atomic mass is 35.5. The third kappa shape index (κ3) is 4.16. The van der Waals surface area contributed by atoms with Gasteiger partial charge < -0.3 is 14.4 Å². The third-order valence-corrected chi connectivity index (χ3v) is 7.76. The summed E-state index contributed by atoms with van der Waals surface area (Å²) in [6, 6.07) is 21.0. The van der Waals surface area contributed by atoms with Crippen molar-refractivity contribution in [2.45, 2.75) is 43.6 Å². The molecule has 2 saturated carbocycles. The molecule has 0 atom stereocenters. The molecule has 5 nitrogen and oxygen atoms in total. The van der Waals surface area contributed by atoms with Gasteiger partial charge in [-0.1, -0.05) is 70.8 Å². The van der Waals surface area contributed by atoms with E-state index in [9.17, 15) is 9.90 Å². The molecule has 2 aliphatic rings. The van der Waals surface area contributed by atoms with Crippen LogP contribution < -0.4 is 4.74 Å². The summed E-state index contributed by atoms with van der Waals surface area (Å²) in [5.41, 5.74) is 4.39. The van der Waals surface area contributed by atoms with Gasteiger partial charge >= 0.3 is 5.97 Å². The van der Waals surface area contributed by atoms with Crippen LogP contribution in [-0.2, 0) is 16.8 Å². The molecule has 36 heavy (non-hydrogen) atoms. The number of hydrogen-bond acceptors (Lipinski definition) is 4. The van der Waals surface area contributed by atoms with Crippen molar-refractivity contribution in [3.63, 3.8) is 0 Å². The number of benzene rings is 3. The Morgan fingerprint density at radius 1 is 0.972 bits per heavy atom. The molecule has 0 spiro atoms. The van der Waals surface area contributed by atoms with Gasteiger partial charge in [-0.15, -0.1) is 0 Å². The number of carboxylic acid groups (broad SMARTS) is 1. The summed E-state index contributed by atoms with van der Waals surface area (Å²) < 4.78 is 11.9. The Hall–Kier alpha value is -3.28. The van der Waals surface area contributed by atoms with Crippen molar-refractivity contribution in [2.24, 2.45) is 0 Å². The van der Waals surface area contributed by atoms with Crippen LogP contribution in [0.25, 0.3) is 22.4 Å². The van der Waals surface area contributed by atoms with E-state index in [1.165, 1.54) is 0 Å². The molecule has 4 aromatic rings. The third-order valence-electron chi connectivity index (χ3n) is 7.13. The van der Waals surface area contributed by atoms with E-state index in [-0.39, 0.29) is 6.61 Å². The first-order valence-corrected chi connectivity index (χ1v) is 12.7. The lowest BCUT2D eigenvalue weighted by atomic mass is 9.94. The molecule has 0 unspecified atom stereocenters. The molecule has 0 amide bonds. The van der Waals surface area contributed by atoms with Crippen LogP contribution in [0.4, 0.5) is 0 Å². The van der Waals surface area contributed by atoms with Gasteiger partial charge in [-0.25, -0.2) is 0 Å². The maximum Gasteiger partial charge on any atom is 0.314 e. The Kier molecular flexibility index (Phi) is 5.78. The fourth-order valence-corrected chi connectivity index (χ4v) is 5.26. The van der Waals surface area contributed by atoms with Gasteiger partial charge in [-0.3, -0.25) is 4.79 Å². The van der Waals surface area contributed by atoms with Crippen LogP contribution in [0.15, 0.2) is 71.3 Å². The number of ether oxygens (including phenoxy) is 1. The van der Waals surface area contributed by atoms with Crippen LogP contribution in [0.3, 0.4) is 0 Å². The lowest BCUT2D eigenvalue weighted by Gasteiger charge is -2.12. The zero-order chi connectivity index (χ0) is 24.9. The number of rotatable bonds is 8. The van der Waals surface area contributed by atoms with Crippen molar-refractivity contribution < 1.29 is 19.2 Å². The maximum absolute atomic E-state index is 11.6. The standard InChI is InChI=1S/C29H23Cl2NO4/c30-23-2-1-3-24(31)25(23)26-22(27(36-32-26)19-4-5-19)16-35-21-12-8-18(9-13-21)17-6-10-20(11-7-17)29(14-15-29)28(33)34/h1-3,6-13,19H,4-5,14-16H2,(H,33,34). The van der Waals surface area contributed by atoms with Gasteiger partial charge in [0.05, 0.1) is 21.0 Å². The van der Waals surface area contributed by atoms with Crippen LogP contribution in [0, 0.1) is 0 Å². The summed E-state index contributed by atoms with van der Waals surface area (Å²) in [6.07, 6.45) is 3.54. The summed E-state index contributed by atoms with van der Waals surface area (Å²) in [7, 11) is 0. The monoisotopic (exact) mass is 519 g/mol. The largest absolute Gasteiger partial charge is 0.489 e. The smallest absolute Gasteiger partial charge is 0.314 e. The Morgan fingerprint density at radius 2 is 1.58 bits per heavy atom. The average molecular weight is 520 g/mol. The molecule has 0 bridgehead atoms. The molecular formula is C29H23Cl2NO4. The van der Waals surface area contributed by atoms with Crippen molar-refractivity contribution >= 4 is 29.2 Å². The molecule has 1 aromatic heterocycles. The summed E-state index contributed by atoms with van der Waals surface area (Å²) >= 11 is 12.9. The summed E-state index contributed by atoms with van der Waals surface area (Å²) in [5.74, 6) is 1.17. The van der Waals surface area contributed by atoms with E-state index in [2.05, 4.69) is 5.16 Å². The van der Waals surface area contributed by atoms with Gasteiger partial charge in [0, 0.05) is 11.5 Å². The quantitative estimate of drug-likeness (QED) is 0.256. The average Bonchev–Trinajstić information content (AvgIpc) is 3.81. The topological polar surface area (TPSA) is 72.6 Å². The Bertz CT molecular complexity index is 1420. The first-order valence-electron chi connectivity index (χ1n) is 12.0. The van der Waals surface area contributed by atoms with Crippen LogP contribution in [-0.4, -0.2) is 16.2 Å². The highest BCUT2D eigenvalue weighted by molar-refractivity contribution is 6.39. The number of nitrogens with zero attached hydrogens (tertiary/aromatic N) is 1. The van der Waals surface area contributed by atoms with Gasteiger partial charge in [0.25, 0.3) is 0 Å². The zero-order valence-electron chi connectivity index (χ0n) is 19.3. The Labute approximate surface area is 218 Å². The first-order chi connectivity index (χ1) is 17.5. The molecule has 2 aliphatic carbocycles. The highest BCUT2D eigenvalue weighted by Gasteiger charge is 2.51. The molecule has 0 aliphatic heterocycles. The molecule has 182 valence electrons. The van der Waals surface area contributed by atoms with E-state index in [0.29, 0.717) is 40.1 Å². The van der Waals surface area contributed by atoms with Gasteiger partial charge in [-0.05, 0) is 66.6 Å². The first kappa shape index (κ1) is 23.1. The van der Waals surface area contributed by atoms with E-state index < -0.39 is 11.4 Å². The minimum Gasteiger partial charge on any atom is -0.489 e. The lowest BCUT2D eigenvalue weighted by Crippen LogP contribution is -2.19. The molecule has 3 aromatic carbocycles. The molecule has 7 heteroatoms. The lowest BCUT2D eigenvalue weighted by molar-refractivity contribution is -0.140. The van der Waals surface area contributed by atoms with Gasteiger partial charge in [0.1, 0.15) is 23.8 Å². The number of carbonyl (C=O) groups is 1. The molecule has 6 rings (SSSR count). The number of halogens is 2. The SMILES string of the molecule is O=C(O)C1(c2ccc(-c3ccc(OCc4c(-c5c(Cl)cccc5Cl)noc4C4CC4)cc3)cc2)CC1. The van der Waals surface area contributed by atoms with E-state index in [1.807, 2.05) is 48.5 Å². The fourth-order valence-electron chi connectivity index (χ4n) is 4.68. The van der Waals surface area contributed by atoms with Crippen molar-refractivity contribution in [1.82, 2.24) is 5.16 Å². The Morgan fingerprint density at radius 3 is 2.14 bits per heavy atom. The minimum absolute atomic E-state index is 0.289. The van der Waals surface area contributed by atoms with Crippen LogP contribution in [0.2, 0.25) is 10.0 Å². The Balaban J connectivity index is 1.20. The molecular weight excluding hydrogens is 497 g/mol. The van der Waals surface area contributed by atoms with E-state index >= 15 is 0 Å². The fraction of sp³-hybridized carbons (Fsp3) is 0.241. The van der Waals surface area contributed by atoms with Gasteiger partial charge in [0.15, 0.2) is 0 Å². The van der Waals surface area contributed by atoms with Crippen LogP contribution in [0.5, 0.6) is 5.75 Å². The maximum atomic E-state index is 11.6. The van der Waals surface area contributed by atoms with E-state index in [4.69, 9.17) is 32.5 Å². The second kappa shape index (κ2) is 8.99. The second-order valence-electron chi connectivity index (χ2n) is 9.52. The number of carboxylic acids is 1. The molecule has 1 N–H and O–H groups in total. The predicted molar refractivity (Wildman–Crippen MR) is 139 cm³/mol. The van der Waals surface area contributed by atoms with E-state index in [1.54, 1.807) is 18.2 Å².